The number of rotatable bonds is 5. The Kier molecular flexibility index (Phi) is 6.16. The highest BCUT2D eigenvalue weighted by atomic mass is 32.2. The third kappa shape index (κ3) is 4.59. The number of ether oxygens (including phenoxy) is 1. The van der Waals surface area contributed by atoms with Crippen molar-refractivity contribution in [3.63, 3.8) is 0 Å². The van der Waals surface area contributed by atoms with Gasteiger partial charge in [0.15, 0.2) is 0 Å². The molecule has 1 aliphatic carbocycles. The average molecular weight is 454 g/mol. The van der Waals surface area contributed by atoms with Gasteiger partial charge in [-0.1, -0.05) is 18.2 Å². The van der Waals surface area contributed by atoms with Gasteiger partial charge in [-0.3, -0.25) is 9.78 Å². The first-order chi connectivity index (χ1) is 15.2. The molecule has 162 valence electrons. The number of nitrogens with zero attached hydrogens (tertiary/aromatic N) is 1. The summed E-state index contributed by atoms with van der Waals surface area (Å²) in [5, 5.41) is 9.88. The number of hydrogen-bond acceptors (Lipinski definition) is 6. The number of hydrogen-bond donors (Lipinski definition) is 2. The number of benzene rings is 1. The third-order valence-corrected chi connectivity index (χ3v) is 8.55. The first kappa shape index (κ1) is 20.8. The highest BCUT2D eigenvalue weighted by molar-refractivity contribution is 8.00. The van der Waals surface area contributed by atoms with Crippen LogP contribution in [0.15, 0.2) is 48.0 Å². The Labute approximate surface area is 191 Å². The van der Waals surface area contributed by atoms with Gasteiger partial charge in [0.25, 0.3) is 5.91 Å². The number of thioether (sulfide) groups is 1. The van der Waals surface area contributed by atoms with Gasteiger partial charge in [-0.25, -0.2) is 0 Å². The van der Waals surface area contributed by atoms with Crippen molar-refractivity contribution >= 4 is 45.6 Å². The third-order valence-electron chi connectivity index (χ3n) is 6.21. The van der Waals surface area contributed by atoms with Crippen LogP contribution in [0.1, 0.15) is 47.3 Å². The van der Waals surface area contributed by atoms with Crippen LogP contribution in [0.25, 0.3) is 10.9 Å². The number of carbonyl (C=O) groups is 1. The number of pyridine rings is 1. The van der Waals surface area contributed by atoms with Crippen molar-refractivity contribution in [3.05, 3.63) is 58.4 Å². The summed E-state index contributed by atoms with van der Waals surface area (Å²) < 4.78 is 6.05. The topological polar surface area (TPSA) is 63.2 Å². The van der Waals surface area contributed by atoms with Crippen LogP contribution in [0.5, 0.6) is 0 Å². The number of para-hydroxylation sites is 1. The van der Waals surface area contributed by atoms with Crippen LogP contribution < -0.4 is 10.6 Å². The smallest absolute Gasteiger partial charge is 0.263 e. The summed E-state index contributed by atoms with van der Waals surface area (Å²) in [6.07, 6.45) is 7.06. The lowest BCUT2D eigenvalue weighted by Crippen LogP contribution is -2.34. The van der Waals surface area contributed by atoms with Gasteiger partial charge in [0.1, 0.15) is 9.81 Å². The molecule has 5 nitrogen and oxygen atoms in total. The van der Waals surface area contributed by atoms with Gasteiger partial charge in [0, 0.05) is 29.9 Å². The SMILES string of the molecule is O=C(NC1CCC[C@]2(CC1)OCCS2)c1sccc1NCc1ccnc2ccccc12. The second-order valence-electron chi connectivity index (χ2n) is 8.21. The van der Waals surface area contributed by atoms with Crippen LogP contribution in [-0.4, -0.2) is 34.2 Å². The normalized spacial score (nSPS) is 23.7. The number of anilines is 1. The van der Waals surface area contributed by atoms with Gasteiger partial charge in [0.05, 0.1) is 17.8 Å². The monoisotopic (exact) mass is 453 g/mol. The first-order valence-electron chi connectivity index (χ1n) is 11.0. The van der Waals surface area contributed by atoms with E-state index in [2.05, 4.69) is 21.7 Å². The zero-order valence-electron chi connectivity index (χ0n) is 17.4. The van der Waals surface area contributed by atoms with Crippen LogP contribution >= 0.6 is 23.1 Å². The van der Waals surface area contributed by atoms with Gasteiger partial charge >= 0.3 is 0 Å². The molecule has 1 aliphatic heterocycles. The zero-order chi connectivity index (χ0) is 21.1. The van der Waals surface area contributed by atoms with Crippen molar-refractivity contribution in [1.82, 2.24) is 10.3 Å². The summed E-state index contributed by atoms with van der Waals surface area (Å²) >= 11 is 3.45. The lowest BCUT2D eigenvalue weighted by molar-refractivity contribution is 0.0398. The van der Waals surface area contributed by atoms with E-state index in [9.17, 15) is 4.79 Å². The molecule has 2 fully saturated rings. The Morgan fingerprint density at radius 2 is 2.13 bits per heavy atom. The molecule has 1 unspecified atom stereocenters. The predicted octanol–water partition coefficient (Wildman–Crippen LogP) is 5.43. The van der Waals surface area contributed by atoms with E-state index < -0.39 is 0 Å². The first-order valence-corrected chi connectivity index (χ1v) is 12.8. The zero-order valence-corrected chi connectivity index (χ0v) is 19.1. The van der Waals surface area contributed by atoms with Crippen molar-refractivity contribution in [2.75, 3.05) is 17.7 Å². The molecule has 2 N–H and O–H groups in total. The number of thiophene rings is 1. The summed E-state index contributed by atoms with van der Waals surface area (Å²) in [6, 6.07) is 12.4. The van der Waals surface area contributed by atoms with Crippen molar-refractivity contribution in [1.29, 1.82) is 0 Å². The molecule has 1 saturated carbocycles. The molecular weight excluding hydrogens is 426 g/mol. The maximum atomic E-state index is 13.1. The molecule has 2 aromatic heterocycles. The van der Waals surface area contributed by atoms with E-state index in [1.807, 2.05) is 53.7 Å². The maximum Gasteiger partial charge on any atom is 0.263 e. The molecule has 0 bridgehead atoms. The summed E-state index contributed by atoms with van der Waals surface area (Å²) in [5.74, 6) is 1.12. The minimum Gasteiger partial charge on any atom is -0.380 e. The van der Waals surface area contributed by atoms with Crippen LogP contribution in [0.3, 0.4) is 0 Å². The van der Waals surface area contributed by atoms with Crippen molar-refractivity contribution in [2.24, 2.45) is 0 Å². The number of fused-ring (bicyclic) bond motifs is 1. The molecule has 7 heteroatoms. The number of amides is 1. The van der Waals surface area contributed by atoms with Crippen LogP contribution in [0, 0.1) is 0 Å². The Morgan fingerprint density at radius 1 is 1.19 bits per heavy atom. The molecule has 1 spiro atoms. The minimum atomic E-state index is 0.00242. The Morgan fingerprint density at radius 3 is 3.03 bits per heavy atom. The van der Waals surface area contributed by atoms with E-state index in [0.717, 1.165) is 65.9 Å². The molecule has 0 radical (unpaired) electrons. The molecule has 1 aromatic carbocycles. The second kappa shape index (κ2) is 9.18. The van der Waals surface area contributed by atoms with Crippen LogP contribution in [-0.2, 0) is 11.3 Å². The van der Waals surface area contributed by atoms with Crippen molar-refractivity contribution < 1.29 is 9.53 Å². The minimum absolute atomic E-state index is 0.00242. The molecule has 2 aliphatic rings. The molecule has 3 heterocycles. The van der Waals surface area contributed by atoms with Gasteiger partial charge < -0.3 is 15.4 Å². The molecule has 2 atom stereocenters. The summed E-state index contributed by atoms with van der Waals surface area (Å²) in [5.41, 5.74) is 3.05. The lowest BCUT2D eigenvalue weighted by Gasteiger charge is -2.25. The summed E-state index contributed by atoms with van der Waals surface area (Å²) in [7, 11) is 0. The molecular formula is C24H27N3O2S2. The molecule has 31 heavy (non-hydrogen) atoms. The van der Waals surface area contributed by atoms with Crippen molar-refractivity contribution in [3.8, 4) is 0 Å². The fourth-order valence-corrected chi connectivity index (χ4v) is 6.62. The maximum absolute atomic E-state index is 13.1. The number of nitrogens with one attached hydrogen (secondary N) is 2. The predicted molar refractivity (Wildman–Crippen MR) is 129 cm³/mol. The average Bonchev–Trinajstić information content (AvgIpc) is 3.41. The fourth-order valence-electron chi connectivity index (χ4n) is 4.59. The Hall–Kier alpha value is -2.09. The summed E-state index contributed by atoms with van der Waals surface area (Å²) in [6.45, 7) is 1.51. The standard InChI is InChI=1S/C24H27N3O2S2/c28-23(27-18-4-3-10-24(11-7-18)29-13-15-31-24)22-21(9-14-30-22)26-16-17-8-12-25-20-6-2-1-5-19(17)20/h1-2,5-6,8-9,12,14,18,26H,3-4,7,10-11,13,15-16H2,(H,27,28)/t18?,24-/m0/s1. The van der Waals surface area contributed by atoms with Crippen LogP contribution in [0.2, 0.25) is 0 Å². The highest BCUT2D eigenvalue weighted by Crippen LogP contribution is 2.43. The van der Waals surface area contributed by atoms with Crippen LogP contribution in [0.4, 0.5) is 5.69 Å². The number of aromatic nitrogens is 1. The lowest BCUT2D eigenvalue weighted by atomic mass is 10.1. The van der Waals surface area contributed by atoms with E-state index in [1.54, 1.807) is 0 Å². The second-order valence-corrected chi connectivity index (χ2v) is 10.6. The highest BCUT2D eigenvalue weighted by Gasteiger charge is 2.38. The van der Waals surface area contributed by atoms with E-state index in [0.29, 0.717) is 6.54 Å². The molecule has 3 aromatic rings. The Bertz CT molecular complexity index is 1060. The van der Waals surface area contributed by atoms with Gasteiger partial charge in [-0.15, -0.1) is 23.1 Å². The van der Waals surface area contributed by atoms with Crippen molar-refractivity contribution in [2.45, 2.75) is 49.6 Å². The van der Waals surface area contributed by atoms with Gasteiger partial charge in [-0.05, 0) is 61.2 Å². The quantitative estimate of drug-likeness (QED) is 0.539. The van der Waals surface area contributed by atoms with E-state index in [4.69, 9.17) is 4.74 Å². The van der Waals surface area contributed by atoms with E-state index >= 15 is 0 Å². The summed E-state index contributed by atoms with van der Waals surface area (Å²) in [4.78, 5) is 18.2. The molecule has 5 rings (SSSR count). The van der Waals surface area contributed by atoms with E-state index in [-0.39, 0.29) is 16.9 Å². The Balaban J connectivity index is 1.23. The molecule has 1 amide bonds. The molecule has 1 saturated heterocycles. The van der Waals surface area contributed by atoms with E-state index in [1.165, 1.54) is 16.9 Å². The number of carbonyl (C=O) groups excluding carboxylic acids is 1. The largest absolute Gasteiger partial charge is 0.380 e. The van der Waals surface area contributed by atoms with Gasteiger partial charge in [0.2, 0.25) is 0 Å². The van der Waals surface area contributed by atoms with Gasteiger partial charge in [-0.2, -0.15) is 0 Å². The fraction of sp³-hybridized carbons (Fsp3) is 0.417.